The molecule has 2 rings (SSSR count). The lowest BCUT2D eigenvalue weighted by Crippen LogP contribution is -2.53. The Kier molecular flexibility index (Phi) is 5.92. The number of rotatable bonds is 4. The molecule has 2 aliphatic rings. The molecule has 1 atom stereocenters. The van der Waals surface area contributed by atoms with Crippen LogP contribution < -0.4 is 5.32 Å². The second-order valence-electron chi connectivity index (χ2n) is 8.12. The van der Waals surface area contributed by atoms with Crippen molar-refractivity contribution in [3.63, 3.8) is 0 Å². The molecule has 0 aromatic rings. The monoisotopic (exact) mass is 354 g/mol. The minimum absolute atomic E-state index is 0.159. The summed E-state index contributed by atoms with van der Waals surface area (Å²) in [4.78, 5) is 41.5. The van der Waals surface area contributed by atoms with Gasteiger partial charge in [-0.3, -0.25) is 9.69 Å². The van der Waals surface area contributed by atoms with Crippen molar-refractivity contribution in [1.29, 1.82) is 0 Å². The summed E-state index contributed by atoms with van der Waals surface area (Å²) >= 11 is 0. The lowest BCUT2D eigenvalue weighted by Gasteiger charge is -2.36. The summed E-state index contributed by atoms with van der Waals surface area (Å²) < 4.78 is 5.37. The lowest BCUT2D eigenvalue weighted by atomic mass is 10.0. The summed E-state index contributed by atoms with van der Waals surface area (Å²) in [5.41, 5.74) is -0.514. The van der Waals surface area contributed by atoms with E-state index in [2.05, 4.69) is 5.32 Å². The van der Waals surface area contributed by atoms with Gasteiger partial charge in [-0.25, -0.2) is 14.5 Å². The van der Waals surface area contributed by atoms with Crippen molar-refractivity contribution in [2.75, 3.05) is 32.8 Å². The quantitative estimate of drug-likeness (QED) is 0.773. The number of hydrogen-bond acceptors (Lipinski definition) is 5. The first-order valence-corrected chi connectivity index (χ1v) is 8.89. The summed E-state index contributed by atoms with van der Waals surface area (Å²) in [7, 11) is 0. The van der Waals surface area contributed by atoms with Crippen LogP contribution in [0.2, 0.25) is 0 Å². The average Bonchev–Trinajstić information content (AvgIpc) is 2.73. The number of nitrogens with zero attached hydrogens (tertiary/aromatic N) is 3. The van der Waals surface area contributed by atoms with Gasteiger partial charge in [0.15, 0.2) is 0 Å². The Balaban J connectivity index is 1.83. The Morgan fingerprint density at radius 2 is 1.80 bits per heavy atom. The number of piperazine rings is 1. The molecule has 2 fully saturated rings. The molecule has 0 aromatic heterocycles. The van der Waals surface area contributed by atoms with Crippen molar-refractivity contribution in [3.8, 4) is 0 Å². The first-order valence-electron chi connectivity index (χ1n) is 8.89. The number of carbonyl (C=O) groups excluding carboxylic acids is 3. The number of amides is 4. The van der Waals surface area contributed by atoms with Gasteiger partial charge in [0, 0.05) is 26.2 Å². The highest BCUT2D eigenvalue weighted by Gasteiger charge is 2.39. The van der Waals surface area contributed by atoms with E-state index in [1.165, 1.54) is 4.90 Å². The highest BCUT2D eigenvalue weighted by atomic mass is 16.6. The second-order valence-corrected chi connectivity index (χ2v) is 8.12. The Hall–Kier alpha value is -1.83. The predicted octanol–water partition coefficient (Wildman–Crippen LogP) is 1.46. The fourth-order valence-corrected chi connectivity index (χ4v) is 2.94. The van der Waals surface area contributed by atoms with E-state index < -0.39 is 11.6 Å². The minimum Gasteiger partial charge on any atom is -0.444 e. The number of carbonyl (C=O) groups is 3. The van der Waals surface area contributed by atoms with Gasteiger partial charge in [-0.1, -0.05) is 13.8 Å². The third-order valence-electron chi connectivity index (χ3n) is 4.18. The molecule has 4 amide bonds. The largest absolute Gasteiger partial charge is 0.444 e. The van der Waals surface area contributed by atoms with Crippen LogP contribution in [0.5, 0.6) is 0 Å². The standard InChI is InChI=1S/C17H30N4O4/c1-12(2)10-13-14(22)21(15(23)18-13)11-19-6-8-20(9-7-19)16(24)25-17(3,4)5/h12-13H,6-11H2,1-5H3,(H,18,23)/t13-/m1/s1. The van der Waals surface area contributed by atoms with Gasteiger partial charge in [0.05, 0.1) is 6.67 Å². The molecule has 8 heteroatoms. The molecule has 0 bridgehead atoms. The van der Waals surface area contributed by atoms with E-state index in [1.54, 1.807) is 4.90 Å². The molecule has 8 nitrogen and oxygen atoms in total. The molecule has 1 N–H and O–H groups in total. The van der Waals surface area contributed by atoms with Crippen molar-refractivity contribution in [2.24, 2.45) is 5.92 Å². The van der Waals surface area contributed by atoms with Crippen molar-refractivity contribution in [3.05, 3.63) is 0 Å². The summed E-state index contributed by atoms with van der Waals surface area (Å²) in [6.45, 7) is 12.1. The highest BCUT2D eigenvalue weighted by Crippen LogP contribution is 2.16. The van der Waals surface area contributed by atoms with E-state index in [4.69, 9.17) is 4.74 Å². The number of hydrogen-bond donors (Lipinski definition) is 1. The van der Waals surface area contributed by atoms with E-state index in [-0.39, 0.29) is 24.7 Å². The van der Waals surface area contributed by atoms with E-state index in [9.17, 15) is 14.4 Å². The zero-order valence-electron chi connectivity index (χ0n) is 15.9. The average molecular weight is 354 g/mol. The number of imide groups is 1. The summed E-state index contributed by atoms with van der Waals surface area (Å²) in [6, 6.07) is -0.749. The molecule has 0 aliphatic carbocycles. The second kappa shape index (κ2) is 7.59. The van der Waals surface area contributed by atoms with Crippen LogP contribution in [0.4, 0.5) is 9.59 Å². The van der Waals surface area contributed by atoms with Gasteiger partial charge in [-0.2, -0.15) is 0 Å². The van der Waals surface area contributed by atoms with Crippen LogP contribution in [0.25, 0.3) is 0 Å². The van der Waals surface area contributed by atoms with Gasteiger partial charge >= 0.3 is 12.1 Å². The molecule has 0 radical (unpaired) electrons. The predicted molar refractivity (Wildman–Crippen MR) is 92.9 cm³/mol. The van der Waals surface area contributed by atoms with Gasteiger partial charge in [0.1, 0.15) is 11.6 Å². The smallest absolute Gasteiger partial charge is 0.410 e. The van der Waals surface area contributed by atoms with Crippen LogP contribution in [0.15, 0.2) is 0 Å². The Bertz CT molecular complexity index is 521. The Morgan fingerprint density at radius 3 is 2.32 bits per heavy atom. The first-order chi connectivity index (χ1) is 11.6. The van der Waals surface area contributed by atoms with E-state index >= 15 is 0 Å². The number of ether oxygens (including phenoxy) is 1. The van der Waals surface area contributed by atoms with Gasteiger partial charge < -0.3 is 15.0 Å². The summed E-state index contributed by atoms with van der Waals surface area (Å²) in [5, 5.41) is 2.75. The number of urea groups is 1. The molecule has 0 saturated carbocycles. The zero-order valence-corrected chi connectivity index (χ0v) is 15.9. The molecule has 2 aliphatic heterocycles. The molecule has 142 valence electrons. The summed E-state index contributed by atoms with van der Waals surface area (Å²) in [5.74, 6) is 0.180. The first kappa shape index (κ1) is 19.5. The normalized spacial score (nSPS) is 22.6. The molecule has 2 saturated heterocycles. The highest BCUT2D eigenvalue weighted by molar-refractivity contribution is 6.04. The topological polar surface area (TPSA) is 82.2 Å². The van der Waals surface area contributed by atoms with Gasteiger partial charge in [-0.15, -0.1) is 0 Å². The van der Waals surface area contributed by atoms with Crippen LogP contribution >= 0.6 is 0 Å². The minimum atomic E-state index is -0.514. The third kappa shape index (κ3) is 5.32. The van der Waals surface area contributed by atoms with Gasteiger partial charge in [-0.05, 0) is 33.1 Å². The molecule has 0 spiro atoms. The zero-order chi connectivity index (χ0) is 18.8. The van der Waals surface area contributed by atoms with Crippen LogP contribution in [-0.2, 0) is 9.53 Å². The van der Waals surface area contributed by atoms with Crippen molar-refractivity contribution >= 4 is 18.0 Å². The fourth-order valence-electron chi connectivity index (χ4n) is 2.94. The maximum atomic E-state index is 12.4. The van der Waals surface area contributed by atoms with Crippen LogP contribution in [0.3, 0.4) is 0 Å². The molecular weight excluding hydrogens is 324 g/mol. The SMILES string of the molecule is CC(C)C[C@H]1NC(=O)N(CN2CCN(C(=O)OC(C)(C)C)CC2)C1=O. The van der Waals surface area contributed by atoms with Gasteiger partial charge in [0.25, 0.3) is 5.91 Å². The van der Waals surface area contributed by atoms with E-state index in [0.29, 0.717) is 38.5 Å². The van der Waals surface area contributed by atoms with Crippen LogP contribution in [-0.4, -0.2) is 77.2 Å². The van der Waals surface area contributed by atoms with Crippen LogP contribution in [0, 0.1) is 5.92 Å². The summed E-state index contributed by atoms with van der Waals surface area (Å²) in [6.07, 6.45) is 0.326. The molecule has 2 heterocycles. The van der Waals surface area contributed by atoms with Crippen molar-refractivity contribution in [2.45, 2.75) is 52.7 Å². The Morgan fingerprint density at radius 1 is 1.20 bits per heavy atom. The molecule has 0 aromatic carbocycles. The molecular formula is C17H30N4O4. The van der Waals surface area contributed by atoms with E-state index in [0.717, 1.165) is 0 Å². The van der Waals surface area contributed by atoms with E-state index in [1.807, 2.05) is 39.5 Å². The van der Waals surface area contributed by atoms with Crippen molar-refractivity contribution < 1.29 is 19.1 Å². The third-order valence-corrected chi connectivity index (χ3v) is 4.18. The molecule has 25 heavy (non-hydrogen) atoms. The molecule has 0 unspecified atom stereocenters. The Labute approximate surface area is 149 Å². The number of nitrogens with one attached hydrogen (secondary N) is 1. The maximum absolute atomic E-state index is 12.4. The maximum Gasteiger partial charge on any atom is 0.410 e. The van der Waals surface area contributed by atoms with Gasteiger partial charge in [0.2, 0.25) is 0 Å². The lowest BCUT2D eigenvalue weighted by molar-refractivity contribution is -0.129. The van der Waals surface area contributed by atoms with Crippen LogP contribution in [0.1, 0.15) is 41.0 Å². The van der Waals surface area contributed by atoms with Crippen molar-refractivity contribution in [1.82, 2.24) is 20.0 Å². The fraction of sp³-hybridized carbons (Fsp3) is 0.824.